The van der Waals surface area contributed by atoms with E-state index in [1.165, 1.54) is 0 Å². The second kappa shape index (κ2) is 11.3. The van der Waals surface area contributed by atoms with Crippen molar-refractivity contribution in [3.8, 4) is 0 Å². The topological polar surface area (TPSA) is 54.9 Å². The van der Waals surface area contributed by atoms with E-state index in [1.807, 2.05) is 18.2 Å². The minimum absolute atomic E-state index is 0.274. The highest BCUT2D eigenvalue weighted by Gasteiger charge is 2.15. The number of ether oxygens (including phenoxy) is 2. The second-order valence-corrected chi connectivity index (χ2v) is 6.15. The summed E-state index contributed by atoms with van der Waals surface area (Å²) in [7, 11) is 0. The molecule has 1 aliphatic heterocycles. The molecular formula is C18H28ClN3O2. The molecule has 1 saturated heterocycles. The number of benzene rings is 1. The van der Waals surface area contributed by atoms with Crippen molar-refractivity contribution < 1.29 is 9.47 Å². The summed E-state index contributed by atoms with van der Waals surface area (Å²) in [5.74, 6) is 0.841. The van der Waals surface area contributed by atoms with E-state index in [0.29, 0.717) is 0 Å². The Balaban J connectivity index is 1.65. The molecule has 2 N–H and O–H groups in total. The Morgan fingerprint density at radius 1 is 1.38 bits per heavy atom. The van der Waals surface area contributed by atoms with Gasteiger partial charge in [-0.05, 0) is 37.8 Å². The first-order valence-electron chi connectivity index (χ1n) is 8.74. The molecule has 5 nitrogen and oxygen atoms in total. The van der Waals surface area contributed by atoms with Gasteiger partial charge in [-0.1, -0.05) is 29.8 Å². The summed E-state index contributed by atoms with van der Waals surface area (Å²) in [5.41, 5.74) is 1.15. The van der Waals surface area contributed by atoms with Gasteiger partial charge in [0, 0.05) is 37.9 Å². The quantitative estimate of drug-likeness (QED) is 0.407. The van der Waals surface area contributed by atoms with E-state index >= 15 is 0 Å². The zero-order valence-corrected chi connectivity index (χ0v) is 15.1. The molecule has 2 rings (SSSR count). The van der Waals surface area contributed by atoms with Crippen LogP contribution >= 0.6 is 11.6 Å². The Labute approximate surface area is 149 Å². The molecule has 1 unspecified atom stereocenters. The zero-order valence-electron chi connectivity index (χ0n) is 14.4. The largest absolute Gasteiger partial charge is 0.379 e. The van der Waals surface area contributed by atoms with Crippen LogP contribution in [0.2, 0.25) is 5.02 Å². The number of aliphatic imine (C=N–C) groups is 1. The van der Waals surface area contributed by atoms with Gasteiger partial charge in [0.25, 0.3) is 0 Å². The van der Waals surface area contributed by atoms with Crippen molar-refractivity contribution in [3.05, 3.63) is 34.9 Å². The number of rotatable bonds is 9. The number of guanidine groups is 1. The van der Waals surface area contributed by atoms with E-state index in [9.17, 15) is 0 Å². The highest BCUT2D eigenvalue weighted by atomic mass is 35.5. The minimum Gasteiger partial charge on any atom is -0.379 e. The van der Waals surface area contributed by atoms with Crippen molar-refractivity contribution in [2.24, 2.45) is 4.99 Å². The van der Waals surface area contributed by atoms with Gasteiger partial charge in [-0.3, -0.25) is 4.99 Å². The molecule has 0 saturated carbocycles. The fourth-order valence-corrected chi connectivity index (χ4v) is 2.74. The predicted octanol–water partition coefficient (Wildman–Crippen LogP) is 2.63. The Kier molecular flexibility index (Phi) is 8.95. The Morgan fingerprint density at radius 2 is 2.25 bits per heavy atom. The van der Waals surface area contributed by atoms with Gasteiger partial charge in [0.15, 0.2) is 5.96 Å². The lowest BCUT2D eigenvalue weighted by atomic mass is 10.1. The molecule has 1 aliphatic rings. The third-order valence-corrected chi connectivity index (χ3v) is 4.17. The van der Waals surface area contributed by atoms with E-state index < -0.39 is 0 Å². The first-order chi connectivity index (χ1) is 11.8. The molecule has 6 heteroatoms. The van der Waals surface area contributed by atoms with Crippen LogP contribution in [0.4, 0.5) is 0 Å². The summed E-state index contributed by atoms with van der Waals surface area (Å²) in [6.45, 7) is 6.73. The summed E-state index contributed by atoms with van der Waals surface area (Å²) in [4.78, 5) is 4.58. The fourth-order valence-electron chi connectivity index (χ4n) is 2.51. The van der Waals surface area contributed by atoms with Gasteiger partial charge in [0.1, 0.15) is 0 Å². The third kappa shape index (κ3) is 7.07. The van der Waals surface area contributed by atoms with Crippen molar-refractivity contribution >= 4 is 17.6 Å². The fraction of sp³-hybridized carbons (Fsp3) is 0.611. The van der Waals surface area contributed by atoms with Gasteiger partial charge in [-0.15, -0.1) is 0 Å². The molecule has 1 aromatic carbocycles. The molecule has 0 radical (unpaired) electrons. The number of nitrogens with zero attached hydrogens (tertiary/aromatic N) is 1. The van der Waals surface area contributed by atoms with Gasteiger partial charge in [0.05, 0.1) is 12.7 Å². The first kappa shape index (κ1) is 19.0. The average molecular weight is 354 g/mol. The smallest absolute Gasteiger partial charge is 0.191 e. The molecule has 134 valence electrons. The van der Waals surface area contributed by atoms with Crippen LogP contribution in [-0.2, 0) is 15.9 Å². The van der Waals surface area contributed by atoms with E-state index in [0.717, 1.165) is 75.3 Å². The van der Waals surface area contributed by atoms with Gasteiger partial charge in [-0.25, -0.2) is 0 Å². The van der Waals surface area contributed by atoms with Crippen LogP contribution in [0.1, 0.15) is 25.3 Å². The van der Waals surface area contributed by atoms with Crippen LogP contribution < -0.4 is 10.6 Å². The van der Waals surface area contributed by atoms with Crippen molar-refractivity contribution in [2.75, 3.05) is 39.5 Å². The molecule has 1 heterocycles. The molecule has 0 aliphatic carbocycles. The van der Waals surface area contributed by atoms with Crippen LogP contribution in [0.25, 0.3) is 0 Å². The molecule has 0 bridgehead atoms. The molecule has 0 aromatic heterocycles. The van der Waals surface area contributed by atoms with E-state index in [1.54, 1.807) is 0 Å². The van der Waals surface area contributed by atoms with Crippen LogP contribution in [0.3, 0.4) is 0 Å². The third-order valence-electron chi connectivity index (χ3n) is 3.80. The molecular weight excluding hydrogens is 326 g/mol. The monoisotopic (exact) mass is 353 g/mol. The number of halogens is 1. The maximum Gasteiger partial charge on any atom is 0.191 e. The normalized spacial score (nSPS) is 17.9. The van der Waals surface area contributed by atoms with Crippen LogP contribution in [0.15, 0.2) is 29.3 Å². The SMILES string of the molecule is CCNC(=NCCCOC1CCOC1)NCCc1ccccc1Cl. The standard InChI is InChI=1S/C18H28ClN3O2/c1-2-20-18(21-10-5-12-24-16-9-13-23-14-16)22-11-8-15-6-3-4-7-17(15)19/h3-4,6-7,16H,2,5,8-14H2,1H3,(H2,20,21,22). The van der Waals surface area contributed by atoms with E-state index in [2.05, 4.69) is 28.6 Å². The number of hydrogen-bond acceptors (Lipinski definition) is 3. The van der Waals surface area contributed by atoms with Crippen LogP contribution in [-0.4, -0.2) is 51.5 Å². The second-order valence-electron chi connectivity index (χ2n) is 5.74. The van der Waals surface area contributed by atoms with Gasteiger partial charge in [-0.2, -0.15) is 0 Å². The van der Waals surface area contributed by atoms with Crippen molar-refractivity contribution in [1.82, 2.24) is 10.6 Å². The summed E-state index contributed by atoms with van der Waals surface area (Å²) in [6, 6.07) is 7.93. The van der Waals surface area contributed by atoms with Crippen LogP contribution in [0, 0.1) is 0 Å². The van der Waals surface area contributed by atoms with Gasteiger partial charge in [0.2, 0.25) is 0 Å². The highest BCUT2D eigenvalue weighted by molar-refractivity contribution is 6.31. The maximum absolute atomic E-state index is 6.18. The number of hydrogen-bond donors (Lipinski definition) is 2. The molecule has 0 amide bonds. The number of nitrogens with one attached hydrogen (secondary N) is 2. The van der Waals surface area contributed by atoms with Crippen molar-refractivity contribution in [3.63, 3.8) is 0 Å². The summed E-state index contributed by atoms with van der Waals surface area (Å²) in [6.07, 6.45) is 3.07. The molecule has 1 atom stereocenters. The molecule has 24 heavy (non-hydrogen) atoms. The summed E-state index contributed by atoms with van der Waals surface area (Å²) < 4.78 is 11.0. The van der Waals surface area contributed by atoms with E-state index in [-0.39, 0.29) is 6.10 Å². The predicted molar refractivity (Wildman–Crippen MR) is 98.9 cm³/mol. The van der Waals surface area contributed by atoms with Crippen molar-refractivity contribution in [2.45, 2.75) is 32.3 Å². The maximum atomic E-state index is 6.18. The average Bonchev–Trinajstić information content (AvgIpc) is 3.09. The highest BCUT2D eigenvalue weighted by Crippen LogP contribution is 2.14. The van der Waals surface area contributed by atoms with Gasteiger partial charge >= 0.3 is 0 Å². The molecule has 0 spiro atoms. The Hall–Kier alpha value is -1.30. The first-order valence-corrected chi connectivity index (χ1v) is 9.12. The molecule has 1 fully saturated rings. The molecule has 1 aromatic rings. The lowest BCUT2D eigenvalue weighted by Gasteiger charge is -2.12. The Morgan fingerprint density at radius 3 is 3.00 bits per heavy atom. The van der Waals surface area contributed by atoms with Crippen LogP contribution in [0.5, 0.6) is 0 Å². The van der Waals surface area contributed by atoms with Crippen molar-refractivity contribution in [1.29, 1.82) is 0 Å². The summed E-state index contributed by atoms with van der Waals surface area (Å²) >= 11 is 6.18. The summed E-state index contributed by atoms with van der Waals surface area (Å²) in [5, 5.41) is 7.42. The Bertz CT molecular complexity index is 505. The van der Waals surface area contributed by atoms with E-state index in [4.69, 9.17) is 21.1 Å². The lowest BCUT2D eigenvalue weighted by Crippen LogP contribution is -2.38. The lowest BCUT2D eigenvalue weighted by molar-refractivity contribution is 0.0424. The zero-order chi connectivity index (χ0) is 17.0. The van der Waals surface area contributed by atoms with Gasteiger partial charge < -0.3 is 20.1 Å². The minimum atomic E-state index is 0.274.